The van der Waals surface area contributed by atoms with E-state index in [1.807, 2.05) is 54.6 Å². The van der Waals surface area contributed by atoms with Crippen LogP contribution < -0.4 is 0 Å². The Bertz CT molecular complexity index is 1270. The van der Waals surface area contributed by atoms with Gasteiger partial charge in [-0.05, 0) is 29.8 Å². The van der Waals surface area contributed by atoms with Crippen molar-refractivity contribution in [1.29, 1.82) is 0 Å². The van der Waals surface area contributed by atoms with Gasteiger partial charge in [0.1, 0.15) is 0 Å². The lowest BCUT2D eigenvalue weighted by Gasteiger charge is -2.22. The SMILES string of the molecule is O=C1[C@H]2N=C(c3ccccc3)O[C@H]2c2ccccc2CN1CCS(=O)(=O)c1ccccc1. The molecule has 0 N–H and O–H groups in total. The molecule has 5 rings (SSSR count). The third-order valence-corrected chi connectivity index (χ3v) is 7.53. The molecule has 2 aliphatic rings. The van der Waals surface area contributed by atoms with Crippen LogP contribution >= 0.6 is 0 Å². The van der Waals surface area contributed by atoms with Crippen LogP contribution in [0.5, 0.6) is 0 Å². The van der Waals surface area contributed by atoms with Crippen LogP contribution in [0.25, 0.3) is 0 Å². The molecular weight excluding hydrogens is 424 g/mol. The minimum absolute atomic E-state index is 0.0871. The molecule has 1 amide bonds. The lowest BCUT2D eigenvalue weighted by molar-refractivity contribution is -0.133. The first kappa shape index (κ1) is 20.5. The molecule has 0 bridgehead atoms. The molecule has 162 valence electrons. The van der Waals surface area contributed by atoms with Crippen molar-refractivity contribution in [2.75, 3.05) is 12.3 Å². The number of ether oxygens (including phenoxy) is 1. The van der Waals surface area contributed by atoms with Gasteiger partial charge in [0.25, 0.3) is 5.91 Å². The first-order valence-corrected chi connectivity index (χ1v) is 12.1. The highest BCUT2D eigenvalue weighted by atomic mass is 32.2. The molecule has 0 spiro atoms. The number of hydrogen-bond acceptors (Lipinski definition) is 5. The molecule has 32 heavy (non-hydrogen) atoms. The summed E-state index contributed by atoms with van der Waals surface area (Å²) in [5.41, 5.74) is 2.66. The van der Waals surface area contributed by atoms with Gasteiger partial charge in [0, 0.05) is 24.2 Å². The van der Waals surface area contributed by atoms with E-state index < -0.39 is 22.0 Å². The van der Waals surface area contributed by atoms with Crippen LogP contribution in [-0.2, 0) is 25.9 Å². The molecule has 6 nitrogen and oxygen atoms in total. The number of fused-ring (bicyclic) bond motifs is 3. The highest BCUT2D eigenvalue weighted by molar-refractivity contribution is 7.91. The zero-order valence-corrected chi connectivity index (χ0v) is 18.1. The molecule has 2 aliphatic heterocycles. The van der Waals surface area contributed by atoms with Gasteiger partial charge < -0.3 is 9.64 Å². The van der Waals surface area contributed by atoms with Crippen molar-refractivity contribution >= 4 is 21.6 Å². The minimum Gasteiger partial charge on any atom is -0.466 e. The molecule has 3 aromatic rings. The number of nitrogens with zero attached hydrogens (tertiary/aromatic N) is 2. The lowest BCUT2D eigenvalue weighted by Crippen LogP contribution is -2.40. The summed E-state index contributed by atoms with van der Waals surface area (Å²) in [4.78, 5) is 19.9. The van der Waals surface area contributed by atoms with E-state index in [1.54, 1.807) is 35.2 Å². The molecule has 3 aromatic carbocycles. The second-order valence-electron chi connectivity index (χ2n) is 7.87. The molecule has 0 unspecified atom stereocenters. The monoisotopic (exact) mass is 446 g/mol. The number of amides is 1. The number of sulfone groups is 1. The normalized spacial score (nSPS) is 20.1. The van der Waals surface area contributed by atoms with Crippen LogP contribution in [0.1, 0.15) is 22.8 Å². The van der Waals surface area contributed by atoms with Gasteiger partial charge >= 0.3 is 0 Å². The van der Waals surface area contributed by atoms with Gasteiger partial charge in [-0.1, -0.05) is 60.7 Å². The van der Waals surface area contributed by atoms with E-state index in [-0.39, 0.29) is 23.1 Å². The van der Waals surface area contributed by atoms with E-state index in [4.69, 9.17) is 4.74 Å². The van der Waals surface area contributed by atoms with Crippen LogP contribution in [0.4, 0.5) is 0 Å². The van der Waals surface area contributed by atoms with Crippen molar-refractivity contribution < 1.29 is 17.9 Å². The number of carbonyl (C=O) groups is 1. The largest absolute Gasteiger partial charge is 0.466 e. The first-order chi connectivity index (χ1) is 15.5. The zero-order valence-electron chi connectivity index (χ0n) is 17.3. The number of rotatable bonds is 5. The van der Waals surface area contributed by atoms with Crippen molar-refractivity contribution in [3.05, 3.63) is 102 Å². The molecule has 0 saturated carbocycles. The summed E-state index contributed by atoms with van der Waals surface area (Å²) in [5.74, 6) is 0.0567. The molecule has 0 radical (unpaired) electrons. The Morgan fingerprint density at radius 1 is 0.906 bits per heavy atom. The fourth-order valence-electron chi connectivity index (χ4n) is 4.14. The van der Waals surface area contributed by atoms with Crippen molar-refractivity contribution in [3.63, 3.8) is 0 Å². The molecular formula is C25H22N2O4S. The van der Waals surface area contributed by atoms with E-state index in [2.05, 4.69) is 4.99 Å². The maximum absolute atomic E-state index is 13.5. The van der Waals surface area contributed by atoms with Gasteiger partial charge in [0.2, 0.25) is 5.90 Å². The van der Waals surface area contributed by atoms with Gasteiger partial charge in [-0.2, -0.15) is 0 Å². The summed E-state index contributed by atoms with van der Waals surface area (Å²) in [6.07, 6.45) is -0.523. The Kier molecular flexibility index (Phi) is 5.27. The summed E-state index contributed by atoms with van der Waals surface area (Å²) in [6.45, 7) is 0.412. The topological polar surface area (TPSA) is 76.0 Å². The average molecular weight is 447 g/mol. The predicted molar refractivity (Wildman–Crippen MR) is 121 cm³/mol. The maximum Gasteiger partial charge on any atom is 0.252 e. The fraction of sp³-hybridized carbons (Fsp3) is 0.200. The summed E-state index contributed by atoms with van der Waals surface area (Å²) in [5, 5.41) is 0. The van der Waals surface area contributed by atoms with E-state index in [1.165, 1.54) is 0 Å². The molecule has 0 aliphatic carbocycles. The Balaban J connectivity index is 1.45. The molecule has 0 saturated heterocycles. The highest BCUT2D eigenvalue weighted by Crippen LogP contribution is 2.37. The Labute approximate surface area is 187 Å². The third-order valence-electron chi connectivity index (χ3n) is 5.82. The second kappa shape index (κ2) is 8.24. The number of benzene rings is 3. The summed E-state index contributed by atoms with van der Waals surface area (Å²) >= 11 is 0. The second-order valence-corrected chi connectivity index (χ2v) is 9.98. The van der Waals surface area contributed by atoms with Crippen LogP contribution in [0, 0.1) is 0 Å². The molecule has 0 aromatic heterocycles. The lowest BCUT2D eigenvalue weighted by atomic mass is 9.99. The van der Waals surface area contributed by atoms with Gasteiger partial charge in [0.15, 0.2) is 22.0 Å². The molecule has 0 fully saturated rings. The van der Waals surface area contributed by atoms with E-state index in [0.717, 1.165) is 16.7 Å². The number of aliphatic imine (C=N–C) groups is 1. The van der Waals surface area contributed by atoms with Crippen LogP contribution in [0.3, 0.4) is 0 Å². The third kappa shape index (κ3) is 3.80. The maximum atomic E-state index is 13.5. The van der Waals surface area contributed by atoms with E-state index >= 15 is 0 Å². The van der Waals surface area contributed by atoms with Crippen LogP contribution in [0.2, 0.25) is 0 Å². The number of carbonyl (C=O) groups excluding carboxylic acids is 1. The van der Waals surface area contributed by atoms with Crippen LogP contribution in [-0.4, -0.2) is 43.5 Å². The predicted octanol–water partition coefficient (Wildman–Crippen LogP) is 3.39. The Morgan fingerprint density at radius 3 is 2.31 bits per heavy atom. The standard InChI is InChI=1S/C25H22N2O4S/c28-25-22-23(31-24(26-22)18-9-3-1-4-10-18)21-14-8-7-11-19(21)17-27(25)15-16-32(29,30)20-12-5-2-6-13-20/h1-14,22-23H,15-17H2/t22-,23-/m0/s1. The van der Waals surface area contributed by atoms with Crippen molar-refractivity contribution in [2.24, 2.45) is 4.99 Å². The minimum atomic E-state index is -3.51. The molecule has 2 heterocycles. The Hall–Kier alpha value is -3.45. The fourth-order valence-corrected chi connectivity index (χ4v) is 5.41. The summed E-state index contributed by atoms with van der Waals surface area (Å²) in [6, 6.07) is 24.8. The van der Waals surface area contributed by atoms with Crippen molar-refractivity contribution in [1.82, 2.24) is 4.90 Å². The van der Waals surface area contributed by atoms with Crippen LogP contribution in [0.15, 0.2) is 94.8 Å². The number of hydrogen-bond donors (Lipinski definition) is 0. The van der Waals surface area contributed by atoms with Gasteiger partial charge in [0.05, 0.1) is 10.6 Å². The van der Waals surface area contributed by atoms with E-state index in [9.17, 15) is 13.2 Å². The average Bonchev–Trinajstić information content (AvgIpc) is 3.24. The summed E-state index contributed by atoms with van der Waals surface area (Å²) < 4.78 is 31.8. The van der Waals surface area contributed by atoms with Crippen molar-refractivity contribution in [3.8, 4) is 0 Å². The Morgan fingerprint density at radius 2 is 1.56 bits per heavy atom. The van der Waals surface area contributed by atoms with Gasteiger partial charge in [-0.25, -0.2) is 13.4 Å². The highest BCUT2D eigenvalue weighted by Gasteiger charge is 2.43. The first-order valence-electron chi connectivity index (χ1n) is 10.5. The smallest absolute Gasteiger partial charge is 0.252 e. The molecule has 2 atom stereocenters. The van der Waals surface area contributed by atoms with E-state index in [0.29, 0.717) is 12.4 Å². The summed E-state index contributed by atoms with van der Waals surface area (Å²) in [7, 11) is -3.51. The molecule has 7 heteroatoms. The van der Waals surface area contributed by atoms with Gasteiger partial charge in [-0.3, -0.25) is 4.79 Å². The van der Waals surface area contributed by atoms with Crippen molar-refractivity contribution in [2.45, 2.75) is 23.6 Å². The quantitative estimate of drug-likeness (QED) is 0.602. The zero-order chi connectivity index (χ0) is 22.1. The van der Waals surface area contributed by atoms with Gasteiger partial charge in [-0.15, -0.1) is 0 Å².